The summed E-state index contributed by atoms with van der Waals surface area (Å²) >= 11 is 0. The topological polar surface area (TPSA) is 67.9 Å². The zero-order chi connectivity index (χ0) is 20.3. The number of nitrogens with one attached hydrogen (secondary N) is 1. The number of hydrogen-bond acceptors (Lipinski definition) is 5. The first-order valence-electron chi connectivity index (χ1n) is 11.0. The van der Waals surface area contributed by atoms with E-state index in [1.807, 2.05) is 0 Å². The maximum absolute atomic E-state index is 11.9. The van der Waals surface area contributed by atoms with Crippen molar-refractivity contribution in [1.82, 2.24) is 9.62 Å². The summed E-state index contributed by atoms with van der Waals surface area (Å²) in [5.74, 6) is 1.57. The van der Waals surface area contributed by atoms with E-state index in [9.17, 15) is 8.42 Å². The molecule has 2 fully saturated rings. The lowest BCUT2D eigenvalue weighted by molar-refractivity contribution is -0.0288. The first-order chi connectivity index (χ1) is 14.0. The van der Waals surface area contributed by atoms with Crippen molar-refractivity contribution in [2.75, 3.05) is 32.6 Å². The number of sulfonamides is 1. The molecule has 4 aliphatic rings. The van der Waals surface area contributed by atoms with Crippen LogP contribution in [0.15, 0.2) is 24.3 Å². The van der Waals surface area contributed by atoms with Gasteiger partial charge in [-0.15, -0.1) is 0 Å². The Bertz CT molecular complexity index is 777. The van der Waals surface area contributed by atoms with E-state index in [1.165, 1.54) is 11.8 Å². The zero-order valence-electron chi connectivity index (χ0n) is 17.4. The predicted molar refractivity (Wildman–Crippen MR) is 114 cm³/mol. The van der Waals surface area contributed by atoms with Crippen molar-refractivity contribution in [2.24, 2.45) is 0 Å². The minimum atomic E-state index is -3.24. The van der Waals surface area contributed by atoms with Gasteiger partial charge in [-0.1, -0.05) is 18.2 Å². The van der Waals surface area contributed by atoms with E-state index in [2.05, 4.69) is 33.9 Å². The number of hydrogen-bond donors (Lipinski definition) is 1. The van der Waals surface area contributed by atoms with E-state index in [0.29, 0.717) is 19.1 Å². The normalized spacial score (nSPS) is 31.9. The molecule has 3 aliphatic heterocycles. The van der Waals surface area contributed by atoms with Gasteiger partial charge in [-0.25, -0.2) is 13.1 Å². The average molecular weight is 423 g/mol. The fourth-order valence-corrected chi connectivity index (χ4v) is 6.04. The van der Waals surface area contributed by atoms with E-state index in [4.69, 9.17) is 9.47 Å². The van der Waals surface area contributed by atoms with Gasteiger partial charge < -0.3 is 9.47 Å². The molecule has 7 heteroatoms. The Labute approximate surface area is 175 Å². The van der Waals surface area contributed by atoms with Gasteiger partial charge in [-0.05, 0) is 69.0 Å². The number of rotatable bonds is 2. The summed E-state index contributed by atoms with van der Waals surface area (Å²) in [6.07, 6.45) is 8.64. The highest BCUT2D eigenvalue weighted by Gasteiger charge is 2.34. The first-order valence-corrected chi connectivity index (χ1v) is 12.9. The molecule has 1 N–H and O–H groups in total. The van der Waals surface area contributed by atoms with Crippen LogP contribution in [0.1, 0.15) is 56.4 Å². The molecule has 29 heavy (non-hydrogen) atoms. The lowest BCUT2D eigenvalue weighted by atomic mass is 9.82. The summed E-state index contributed by atoms with van der Waals surface area (Å²) in [7, 11) is -3.24. The summed E-state index contributed by atoms with van der Waals surface area (Å²) in [5, 5.41) is 0. The number of piperidine rings is 1. The summed E-state index contributed by atoms with van der Waals surface area (Å²) in [5.41, 5.74) is 1.34. The minimum Gasteiger partial charge on any atom is -0.493 e. The van der Waals surface area contributed by atoms with E-state index < -0.39 is 10.0 Å². The van der Waals surface area contributed by atoms with E-state index in [-0.39, 0.29) is 18.2 Å². The van der Waals surface area contributed by atoms with Crippen LogP contribution in [0.4, 0.5) is 0 Å². The Hall–Kier alpha value is -1.15. The molecule has 1 aromatic rings. The van der Waals surface area contributed by atoms with Gasteiger partial charge in [0.1, 0.15) is 5.75 Å². The van der Waals surface area contributed by atoms with Gasteiger partial charge in [0.2, 0.25) is 10.0 Å². The van der Waals surface area contributed by atoms with Crippen LogP contribution in [-0.4, -0.2) is 64.1 Å². The van der Waals surface area contributed by atoms with Gasteiger partial charge in [-0.3, -0.25) is 4.90 Å². The Morgan fingerprint density at radius 2 is 1.79 bits per heavy atom. The van der Waals surface area contributed by atoms with Crippen LogP contribution in [0.2, 0.25) is 0 Å². The van der Waals surface area contributed by atoms with Gasteiger partial charge in [-0.2, -0.15) is 0 Å². The van der Waals surface area contributed by atoms with Gasteiger partial charge in [0.25, 0.3) is 0 Å². The molecule has 1 aromatic carbocycles. The monoisotopic (exact) mass is 422 g/mol. The van der Waals surface area contributed by atoms with Crippen molar-refractivity contribution < 1.29 is 17.9 Å². The predicted octanol–water partition coefficient (Wildman–Crippen LogP) is 2.89. The van der Waals surface area contributed by atoms with Gasteiger partial charge in [0.05, 0.1) is 25.6 Å². The van der Waals surface area contributed by atoms with Gasteiger partial charge in [0.15, 0.2) is 0 Å². The van der Waals surface area contributed by atoms with Crippen molar-refractivity contribution in [3.05, 3.63) is 29.8 Å². The highest BCUT2D eigenvalue weighted by molar-refractivity contribution is 7.88. The standard InChI is InChI=1S/C22H34N2O4S/c1-29(25,26)23-20-7-4-13-24-14-5-15-27-22-8-3-2-6-19(22)17-9-11-18(12-10-17)28-16-21(20)24/h2-3,6,8,17-18,20-21,23H,4-5,7,9-16H2,1H3/t17?,18?,20?,21-/m0/s1. The lowest BCUT2D eigenvalue weighted by Gasteiger charge is -2.42. The van der Waals surface area contributed by atoms with Crippen molar-refractivity contribution in [3.63, 3.8) is 0 Å². The van der Waals surface area contributed by atoms with Crippen LogP contribution >= 0.6 is 0 Å². The van der Waals surface area contributed by atoms with Crippen molar-refractivity contribution in [1.29, 1.82) is 0 Å². The molecule has 0 radical (unpaired) electrons. The Kier molecular flexibility index (Phi) is 6.79. The number of ether oxygens (including phenoxy) is 2. The second kappa shape index (κ2) is 9.33. The summed E-state index contributed by atoms with van der Waals surface area (Å²) in [6, 6.07) is 8.49. The molecule has 0 aromatic heterocycles. The molecule has 162 valence electrons. The average Bonchev–Trinajstić information content (AvgIpc) is 2.70. The second-order valence-corrected chi connectivity index (χ2v) is 10.6. The third kappa shape index (κ3) is 5.51. The molecule has 1 saturated carbocycles. The van der Waals surface area contributed by atoms with Crippen LogP contribution < -0.4 is 9.46 Å². The van der Waals surface area contributed by atoms with E-state index >= 15 is 0 Å². The Morgan fingerprint density at radius 3 is 2.59 bits per heavy atom. The quantitative estimate of drug-likeness (QED) is 0.794. The Balaban J connectivity index is 1.51. The van der Waals surface area contributed by atoms with Crippen molar-refractivity contribution in [2.45, 2.75) is 69.1 Å². The molecule has 6 nitrogen and oxygen atoms in total. The van der Waals surface area contributed by atoms with Gasteiger partial charge in [0, 0.05) is 18.6 Å². The van der Waals surface area contributed by atoms with Crippen molar-refractivity contribution in [3.8, 4) is 5.75 Å². The Morgan fingerprint density at radius 1 is 1.03 bits per heavy atom. The van der Waals surface area contributed by atoms with Crippen LogP contribution in [0, 0.1) is 0 Å². The second-order valence-electron chi connectivity index (χ2n) is 8.79. The maximum Gasteiger partial charge on any atom is 0.209 e. The molecule has 2 atom stereocenters. The largest absolute Gasteiger partial charge is 0.493 e. The summed E-state index contributed by atoms with van der Waals surface area (Å²) in [4.78, 5) is 2.40. The molecule has 1 unspecified atom stereocenters. The van der Waals surface area contributed by atoms with E-state index in [0.717, 1.165) is 63.8 Å². The fraction of sp³-hybridized carbons (Fsp3) is 0.727. The minimum absolute atomic E-state index is 0.0790. The lowest BCUT2D eigenvalue weighted by Crippen LogP contribution is -2.57. The molecule has 5 rings (SSSR count). The van der Waals surface area contributed by atoms with Crippen LogP contribution in [-0.2, 0) is 14.8 Å². The van der Waals surface area contributed by atoms with E-state index in [1.54, 1.807) is 0 Å². The highest BCUT2D eigenvalue weighted by Crippen LogP contribution is 2.38. The van der Waals surface area contributed by atoms with Crippen LogP contribution in [0.3, 0.4) is 0 Å². The summed E-state index contributed by atoms with van der Waals surface area (Å²) < 4.78 is 39.2. The number of nitrogens with zero attached hydrogens (tertiary/aromatic N) is 1. The van der Waals surface area contributed by atoms with Crippen molar-refractivity contribution >= 4 is 10.0 Å². The highest BCUT2D eigenvalue weighted by atomic mass is 32.2. The molecular weight excluding hydrogens is 388 g/mol. The molecule has 0 spiro atoms. The maximum atomic E-state index is 11.9. The molecular formula is C22H34N2O4S. The molecule has 0 amide bonds. The number of fused-ring (bicyclic) bond motifs is 6. The molecule has 3 heterocycles. The SMILES string of the molecule is CS(=O)(=O)NC1CCCN2CCCOc3ccccc3C3CCC(CC3)OC[C@@H]12. The third-order valence-electron chi connectivity index (χ3n) is 6.64. The third-order valence-corrected chi connectivity index (χ3v) is 7.37. The van der Waals surface area contributed by atoms with Gasteiger partial charge >= 0.3 is 0 Å². The fourth-order valence-electron chi connectivity index (χ4n) is 5.21. The summed E-state index contributed by atoms with van der Waals surface area (Å²) in [6.45, 7) is 3.16. The number of para-hydroxylation sites is 1. The van der Waals surface area contributed by atoms with Crippen LogP contribution in [0.25, 0.3) is 0 Å². The molecule has 2 bridgehead atoms. The molecule has 1 aliphatic carbocycles. The smallest absolute Gasteiger partial charge is 0.209 e. The molecule has 1 saturated heterocycles. The zero-order valence-corrected chi connectivity index (χ0v) is 18.2. The number of benzene rings is 1. The van der Waals surface area contributed by atoms with Crippen LogP contribution in [0.5, 0.6) is 5.75 Å². The first kappa shape index (κ1) is 21.1.